The maximum atomic E-state index is 8.42. The van der Waals surface area contributed by atoms with E-state index in [9.17, 15) is 0 Å². The van der Waals surface area contributed by atoms with Crippen LogP contribution >= 0.6 is 0 Å². The van der Waals surface area contributed by atoms with Gasteiger partial charge in [-0.15, -0.1) is 0 Å². The highest BCUT2D eigenvalue weighted by molar-refractivity contribution is 5.79. The van der Waals surface area contributed by atoms with Gasteiger partial charge in [-0.1, -0.05) is 11.6 Å². The van der Waals surface area contributed by atoms with Gasteiger partial charge in [-0.2, -0.15) is 0 Å². The lowest BCUT2D eigenvalue weighted by Crippen LogP contribution is -2.44. The molecule has 1 rings (SSSR count). The van der Waals surface area contributed by atoms with Crippen LogP contribution in [0, 0.1) is 0 Å². The van der Waals surface area contributed by atoms with Gasteiger partial charge in [0.05, 0.1) is 0 Å². The summed E-state index contributed by atoms with van der Waals surface area (Å²) >= 11 is 0. The summed E-state index contributed by atoms with van der Waals surface area (Å²) in [7, 11) is 0. The van der Waals surface area contributed by atoms with Crippen molar-refractivity contribution in [2.45, 2.75) is 64.5 Å². The Kier molecular flexibility index (Phi) is 5.60. The normalized spacial score (nSPS) is 28.2. The highest BCUT2D eigenvalue weighted by Crippen LogP contribution is 2.22. The van der Waals surface area contributed by atoms with Crippen LogP contribution in [0.4, 0.5) is 0 Å². The molecule has 0 spiro atoms. The fraction of sp³-hybridized carbons (Fsp3) is 0.917. The lowest BCUT2D eigenvalue weighted by Gasteiger charge is -2.39. The Bertz CT molecular complexity index is 220. The van der Waals surface area contributed by atoms with Gasteiger partial charge in [0.25, 0.3) is 0 Å². The number of likely N-dealkylation sites (tertiary alicyclic amines) is 1. The average molecular weight is 227 g/mol. The number of hydrogen-bond donors (Lipinski definition) is 2. The number of unbranched alkanes of at least 4 members (excludes halogenated alkanes) is 1. The molecule has 0 aliphatic carbocycles. The predicted molar refractivity (Wildman–Crippen MR) is 66.7 cm³/mol. The van der Waals surface area contributed by atoms with E-state index in [-0.39, 0.29) is 0 Å². The number of oxime groups is 1. The van der Waals surface area contributed by atoms with Crippen molar-refractivity contribution in [1.29, 1.82) is 0 Å². The second-order valence-electron chi connectivity index (χ2n) is 4.92. The lowest BCUT2D eigenvalue weighted by molar-refractivity contribution is 0.102. The third-order valence-corrected chi connectivity index (χ3v) is 3.60. The van der Waals surface area contributed by atoms with E-state index in [1.165, 1.54) is 19.3 Å². The molecule has 0 aromatic rings. The first kappa shape index (κ1) is 13.3. The molecule has 0 bridgehead atoms. The molecule has 1 fully saturated rings. The van der Waals surface area contributed by atoms with Crippen molar-refractivity contribution >= 4 is 5.84 Å². The summed E-state index contributed by atoms with van der Waals surface area (Å²) in [4.78, 5) is 2.59. The molecule has 2 atom stereocenters. The fourth-order valence-corrected chi connectivity index (χ4v) is 2.57. The van der Waals surface area contributed by atoms with E-state index in [1.807, 2.05) is 0 Å². The molecule has 1 aliphatic rings. The van der Waals surface area contributed by atoms with Gasteiger partial charge in [0.2, 0.25) is 0 Å². The standard InChI is InChI=1S/C12H25N3O/c1-10-6-5-7-11(2)15(10)9-4-3-8-12(13)14-16/h10-11,16H,3-9H2,1-2H3,(H2,13,14)/t10-,11+. The molecule has 0 aromatic carbocycles. The van der Waals surface area contributed by atoms with Crippen LogP contribution in [-0.4, -0.2) is 34.6 Å². The number of nitrogens with two attached hydrogens (primary N) is 1. The van der Waals surface area contributed by atoms with Gasteiger partial charge in [0.15, 0.2) is 0 Å². The van der Waals surface area contributed by atoms with Crippen LogP contribution in [0.5, 0.6) is 0 Å². The van der Waals surface area contributed by atoms with Gasteiger partial charge in [0.1, 0.15) is 5.84 Å². The minimum absolute atomic E-state index is 0.347. The minimum atomic E-state index is 0.347. The number of hydrogen-bond acceptors (Lipinski definition) is 3. The first-order valence-electron chi connectivity index (χ1n) is 6.37. The molecule has 0 radical (unpaired) electrons. The summed E-state index contributed by atoms with van der Waals surface area (Å²) in [5.74, 6) is 0.347. The van der Waals surface area contributed by atoms with Crippen LogP contribution in [0.2, 0.25) is 0 Å². The number of nitrogens with zero attached hydrogens (tertiary/aromatic N) is 2. The zero-order valence-electron chi connectivity index (χ0n) is 10.5. The number of piperidine rings is 1. The first-order chi connectivity index (χ1) is 7.65. The van der Waals surface area contributed by atoms with Crippen molar-refractivity contribution in [1.82, 2.24) is 4.90 Å². The van der Waals surface area contributed by atoms with Crippen LogP contribution < -0.4 is 5.73 Å². The van der Waals surface area contributed by atoms with Crippen molar-refractivity contribution in [3.63, 3.8) is 0 Å². The molecule has 1 heterocycles. The summed E-state index contributed by atoms with van der Waals surface area (Å²) in [5.41, 5.74) is 5.43. The number of amidine groups is 1. The summed E-state index contributed by atoms with van der Waals surface area (Å²) in [6, 6.07) is 1.43. The van der Waals surface area contributed by atoms with Gasteiger partial charge < -0.3 is 10.9 Å². The van der Waals surface area contributed by atoms with Crippen LogP contribution in [0.15, 0.2) is 5.16 Å². The zero-order valence-corrected chi connectivity index (χ0v) is 10.5. The molecule has 0 unspecified atom stereocenters. The van der Waals surface area contributed by atoms with Gasteiger partial charge in [-0.05, 0) is 46.1 Å². The molecule has 0 aromatic heterocycles. The minimum Gasteiger partial charge on any atom is -0.409 e. The van der Waals surface area contributed by atoms with Crippen molar-refractivity contribution in [3.05, 3.63) is 0 Å². The highest BCUT2D eigenvalue weighted by Gasteiger charge is 2.23. The molecule has 1 aliphatic heterocycles. The summed E-state index contributed by atoms with van der Waals surface area (Å²) in [6.45, 7) is 5.78. The highest BCUT2D eigenvalue weighted by atomic mass is 16.4. The Morgan fingerprint density at radius 3 is 2.50 bits per heavy atom. The molecule has 94 valence electrons. The molecule has 4 nitrogen and oxygen atoms in total. The van der Waals surface area contributed by atoms with Crippen molar-refractivity contribution in [3.8, 4) is 0 Å². The van der Waals surface area contributed by atoms with Gasteiger partial charge >= 0.3 is 0 Å². The third kappa shape index (κ3) is 4.00. The van der Waals surface area contributed by atoms with E-state index < -0.39 is 0 Å². The van der Waals surface area contributed by atoms with E-state index in [0.29, 0.717) is 24.3 Å². The Morgan fingerprint density at radius 2 is 1.94 bits per heavy atom. The summed E-state index contributed by atoms with van der Waals surface area (Å²) in [6.07, 6.45) is 6.85. The average Bonchev–Trinajstić information content (AvgIpc) is 2.27. The third-order valence-electron chi connectivity index (χ3n) is 3.60. The molecule has 3 N–H and O–H groups in total. The quantitative estimate of drug-likeness (QED) is 0.249. The zero-order chi connectivity index (χ0) is 12.0. The molecule has 4 heteroatoms. The van der Waals surface area contributed by atoms with E-state index in [0.717, 1.165) is 19.4 Å². The summed E-state index contributed by atoms with van der Waals surface area (Å²) in [5, 5.41) is 11.4. The van der Waals surface area contributed by atoms with Crippen molar-refractivity contribution in [2.24, 2.45) is 10.9 Å². The first-order valence-corrected chi connectivity index (χ1v) is 6.37. The molecule has 1 saturated heterocycles. The topological polar surface area (TPSA) is 61.8 Å². The Labute approximate surface area is 98.5 Å². The maximum absolute atomic E-state index is 8.42. The van der Waals surface area contributed by atoms with Crippen molar-refractivity contribution in [2.75, 3.05) is 6.54 Å². The summed E-state index contributed by atoms with van der Waals surface area (Å²) < 4.78 is 0. The van der Waals surface area contributed by atoms with Crippen LogP contribution in [0.1, 0.15) is 52.4 Å². The molecule has 16 heavy (non-hydrogen) atoms. The lowest BCUT2D eigenvalue weighted by atomic mass is 9.97. The second-order valence-corrected chi connectivity index (χ2v) is 4.92. The number of rotatable bonds is 5. The smallest absolute Gasteiger partial charge is 0.139 e. The SMILES string of the molecule is C[C@@H]1CCC[C@H](C)N1CCCCC(N)=NO. The Morgan fingerprint density at radius 1 is 1.31 bits per heavy atom. The predicted octanol–water partition coefficient (Wildman–Crippen LogP) is 2.17. The molecular weight excluding hydrogens is 202 g/mol. The van der Waals surface area contributed by atoms with E-state index >= 15 is 0 Å². The van der Waals surface area contributed by atoms with Gasteiger partial charge in [-0.25, -0.2) is 0 Å². The molecule has 0 amide bonds. The van der Waals surface area contributed by atoms with Crippen LogP contribution in [0.3, 0.4) is 0 Å². The maximum Gasteiger partial charge on any atom is 0.139 e. The molecule has 0 saturated carbocycles. The Hall–Kier alpha value is -0.770. The van der Waals surface area contributed by atoms with Crippen LogP contribution in [0.25, 0.3) is 0 Å². The second kappa shape index (κ2) is 6.74. The van der Waals surface area contributed by atoms with Crippen molar-refractivity contribution < 1.29 is 5.21 Å². The largest absolute Gasteiger partial charge is 0.409 e. The monoisotopic (exact) mass is 227 g/mol. The van der Waals surface area contributed by atoms with E-state index in [2.05, 4.69) is 23.9 Å². The van der Waals surface area contributed by atoms with Gasteiger partial charge in [-0.3, -0.25) is 4.90 Å². The van der Waals surface area contributed by atoms with Gasteiger partial charge in [0, 0.05) is 18.5 Å². The molecular formula is C12H25N3O. The van der Waals surface area contributed by atoms with E-state index in [1.54, 1.807) is 0 Å². The Balaban J connectivity index is 2.20. The fourth-order valence-electron chi connectivity index (χ4n) is 2.57. The van der Waals surface area contributed by atoms with Crippen LogP contribution in [-0.2, 0) is 0 Å². The van der Waals surface area contributed by atoms with E-state index in [4.69, 9.17) is 10.9 Å².